The maximum atomic E-state index is 11.4. The van der Waals surface area contributed by atoms with Crippen LogP contribution in [0.5, 0.6) is 0 Å². The quantitative estimate of drug-likeness (QED) is 0.202. The van der Waals surface area contributed by atoms with Gasteiger partial charge in [-0.15, -0.1) is 0 Å². The van der Waals surface area contributed by atoms with Gasteiger partial charge in [0.1, 0.15) is 6.61 Å². The molecule has 2 heteroatoms. The summed E-state index contributed by atoms with van der Waals surface area (Å²) in [5.41, 5.74) is 10.9. The van der Waals surface area contributed by atoms with Gasteiger partial charge in [0.05, 0.1) is 0 Å². The molecule has 0 aliphatic heterocycles. The molecule has 4 rings (SSSR count). The molecule has 170 valence electrons. The molecular formula is C32H30O2. The summed E-state index contributed by atoms with van der Waals surface area (Å²) in [7, 11) is 0. The fraction of sp³-hybridized carbons (Fsp3) is 0.156. The van der Waals surface area contributed by atoms with Gasteiger partial charge in [0.2, 0.25) is 0 Å². The second kappa shape index (κ2) is 10.8. The van der Waals surface area contributed by atoms with Gasteiger partial charge in [0, 0.05) is 6.08 Å². The second-order valence-electron chi connectivity index (χ2n) is 8.34. The lowest BCUT2D eigenvalue weighted by Crippen LogP contribution is -2.00. The Labute approximate surface area is 202 Å². The average Bonchev–Trinajstić information content (AvgIpc) is 2.91. The Kier molecular flexibility index (Phi) is 7.39. The first-order valence-electron chi connectivity index (χ1n) is 11.8. The maximum absolute atomic E-state index is 11.4. The summed E-state index contributed by atoms with van der Waals surface area (Å²) >= 11 is 0. The normalized spacial score (nSPS) is 10.6. The molecule has 0 unspecified atom stereocenters. The van der Waals surface area contributed by atoms with Crippen molar-refractivity contribution in [3.8, 4) is 33.4 Å². The lowest BCUT2D eigenvalue weighted by molar-refractivity contribution is -0.138. The van der Waals surface area contributed by atoms with Gasteiger partial charge in [-0.1, -0.05) is 111 Å². The molecule has 0 aliphatic rings. The number of esters is 1. The third-order valence-corrected chi connectivity index (χ3v) is 6.17. The third kappa shape index (κ3) is 5.18. The van der Waals surface area contributed by atoms with Crippen molar-refractivity contribution >= 4 is 5.97 Å². The van der Waals surface area contributed by atoms with Crippen LogP contribution >= 0.6 is 0 Å². The van der Waals surface area contributed by atoms with Crippen molar-refractivity contribution in [2.45, 2.75) is 33.3 Å². The zero-order valence-electron chi connectivity index (χ0n) is 19.9. The molecule has 2 nitrogen and oxygen atoms in total. The van der Waals surface area contributed by atoms with Crippen molar-refractivity contribution in [1.29, 1.82) is 0 Å². The molecule has 4 aromatic carbocycles. The number of rotatable bonds is 8. The highest BCUT2D eigenvalue weighted by molar-refractivity contribution is 5.92. The Balaban J connectivity index is 1.77. The highest BCUT2D eigenvalue weighted by Crippen LogP contribution is 2.39. The van der Waals surface area contributed by atoms with E-state index in [-0.39, 0.29) is 6.61 Å². The van der Waals surface area contributed by atoms with Crippen molar-refractivity contribution in [2.24, 2.45) is 0 Å². The standard InChI is InChI=1S/C32H30O2/c1-4-23-10-9-11-27(20-23)31-21-24(5-2)16-19-30(31)29-13-8-7-12-28(29)26-17-14-25(15-18-26)22-34-32(33)6-3/h6-21H,3-5,22H2,1-2H3. The topological polar surface area (TPSA) is 26.3 Å². The molecule has 0 amide bonds. The fourth-order valence-electron chi connectivity index (χ4n) is 4.21. The summed E-state index contributed by atoms with van der Waals surface area (Å²) < 4.78 is 5.16. The molecule has 0 heterocycles. The Bertz CT molecular complexity index is 1300. The number of aryl methyl sites for hydroxylation is 2. The molecule has 0 saturated heterocycles. The van der Waals surface area contributed by atoms with Crippen LogP contribution in [0.2, 0.25) is 0 Å². The molecule has 0 radical (unpaired) electrons. The van der Waals surface area contributed by atoms with Gasteiger partial charge in [0.15, 0.2) is 0 Å². The van der Waals surface area contributed by atoms with E-state index < -0.39 is 5.97 Å². The highest BCUT2D eigenvalue weighted by Gasteiger charge is 2.13. The van der Waals surface area contributed by atoms with Crippen LogP contribution in [0, 0.1) is 0 Å². The van der Waals surface area contributed by atoms with Crippen LogP contribution in [0.1, 0.15) is 30.5 Å². The van der Waals surface area contributed by atoms with Gasteiger partial charge < -0.3 is 4.74 Å². The molecule has 0 aromatic heterocycles. The lowest BCUT2D eigenvalue weighted by atomic mass is 9.87. The summed E-state index contributed by atoms with van der Waals surface area (Å²) in [6.45, 7) is 8.07. The van der Waals surface area contributed by atoms with E-state index in [4.69, 9.17) is 4.74 Å². The van der Waals surface area contributed by atoms with Crippen LogP contribution in [0.4, 0.5) is 0 Å². The zero-order valence-corrected chi connectivity index (χ0v) is 19.9. The van der Waals surface area contributed by atoms with Crippen LogP contribution in [0.15, 0.2) is 104 Å². The number of hydrogen-bond acceptors (Lipinski definition) is 2. The average molecular weight is 447 g/mol. The summed E-state index contributed by atoms with van der Waals surface area (Å²) in [6, 6.07) is 32.4. The minimum absolute atomic E-state index is 0.239. The Morgan fingerprint density at radius 3 is 2.03 bits per heavy atom. The Hall–Kier alpha value is -3.91. The molecule has 34 heavy (non-hydrogen) atoms. The molecule has 0 bridgehead atoms. The van der Waals surface area contributed by atoms with Crippen LogP contribution < -0.4 is 0 Å². The predicted octanol–water partition coefficient (Wildman–Crippen LogP) is 8.04. The van der Waals surface area contributed by atoms with Gasteiger partial charge in [-0.3, -0.25) is 0 Å². The number of carbonyl (C=O) groups excluding carboxylic acids is 1. The third-order valence-electron chi connectivity index (χ3n) is 6.17. The number of hydrogen-bond donors (Lipinski definition) is 0. The van der Waals surface area contributed by atoms with Gasteiger partial charge in [-0.25, -0.2) is 4.79 Å². The monoisotopic (exact) mass is 446 g/mol. The lowest BCUT2D eigenvalue weighted by Gasteiger charge is -2.17. The van der Waals surface area contributed by atoms with E-state index in [9.17, 15) is 4.79 Å². The SMILES string of the molecule is C=CC(=O)OCc1ccc(-c2ccccc2-c2ccc(CC)cc2-c2cccc(CC)c2)cc1. The Morgan fingerprint density at radius 2 is 1.32 bits per heavy atom. The molecule has 0 N–H and O–H groups in total. The second-order valence-corrected chi connectivity index (χ2v) is 8.34. The van der Waals surface area contributed by atoms with Crippen molar-refractivity contribution < 1.29 is 9.53 Å². The number of benzene rings is 4. The van der Waals surface area contributed by atoms with E-state index in [0.717, 1.165) is 24.0 Å². The van der Waals surface area contributed by atoms with E-state index in [1.54, 1.807) is 0 Å². The fourth-order valence-corrected chi connectivity index (χ4v) is 4.21. The van der Waals surface area contributed by atoms with Gasteiger partial charge in [-0.05, 0) is 62.9 Å². The van der Waals surface area contributed by atoms with Crippen LogP contribution in [0.25, 0.3) is 33.4 Å². The molecule has 0 fully saturated rings. The summed E-state index contributed by atoms with van der Waals surface area (Å²) in [6.07, 6.45) is 3.20. The predicted molar refractivity (Wildman–Crippen MR) is 141 cm³/mol. The zero-order chi connectivity index (χ0) is 23.9. The summed E-state index contributed by atoms with van der Waals surface area (Å²) in [5, 5.41) is 0. The Morgan fingerprint density at radius 1 is 0.676 bits per heavy atom. The van der Waals surface area contributed by atoms with E-state index in [1.807, 2.05) is 12.1 Å². The number of ether oxygens (including phenoxy) is 1. The number of carbonyl (C=O) groups is 1. The highest BCUT2D eigenvalue weighted by atomic mass is 16.5. The molecule has 0 saturated carbocycles. The van der Waals surface area contributed by atoms with Gasteiger partial charge in [0.25, 0.3) is 0 Å². The van der Waals surface area contributed by atoms with E-state index >= 15 is 0 Å². The van der Waals surface area contributed by atoms with Crippen LogP contribution in [-0.2, 0) is 29.0 Å². The first kappa shape index (κ1) is 23.3. The summed E-state index contributed by atoms with van der Waals surface area (Å²) in [5.74, 6) is -0.412. The molecule has 0 spiro atoms. The van der Waals surface area contributed by atoms with Gasteiger partial charge >= 0.3 is 5.97 Å². The van der Waals surface area contributed by atoms with Crippen molar-refractivity contribution in [3.05, 3.63) is 120 Å². The van der Waals surface area contributed by atoms with E-state index in [0.29, 0.717) is 0 Å². The van der Waals surface area contributed by atoms with Crippen LogP contribution in [-0.4, -0.2) is 5.97 Å². The first-order chi connectivity index (χ1) is 16.6. The summed E-state index contributed by atoms with van der Waals surface area (Å²) in [4.78, 5) is 11.4. The van der Waals surface area contributed by atoms with Crippen molar-refractivity contribution in [2.75, 3.05) is 0 Å². The first-order valence-corrected chi connectivity index (χ1v) is 11.8. The van der Waals surface area contributed by atoms with E-state index in [1.165, 1.54) is 45.0 Å². The van der Waals surface area contributed by atoms with E-state index in [2.05, 4.69) is 99.3 Å². The molecular weight excluding hydrogens is 416 g/mol. The van der Waals surface area contributed by atoms with Crippen molar-refractivity contribution in [1.82, 2.24) is 0 Å². The molecule has 4 aromatic rings. The molecule has 0 atom stereocenters. The smallest absolute Gasteiger partial charge is 0.330 e. The van der Waals surface area contributed by atoms with Gasteiger partial charge in [-0.2, -0.15) is 0 Å². The largest absolute Gasteiger partial charge is 0.458 e. The minimum atomic E-state index is -0.412. The van der Waals surface area contributed by atoms with Crippen molar-refractivity contribution in [3.63, 3.8) is 0 Å². The van der Waals surface area contributed by atoms with Crippen LogP contribution in [0.3, 0.4) is 0 Å². The minimum Gasteiger partial charge on any atom is -0.458 e. The molecule has 0 aliphatic carbocycles. The maximum Gasteiger partial charge on any atom is 0.330 e.